The van der Waals surface area contributed by atoms with Crippen molar-refractivity contribution in [3.8, 4) is 0 Å². The highest BCUT2D eigenvalue weighted by atomic mass is 16.2. The lowest BCUT2D eigenvalue weighted by Gasteiger charge is -2.23. The average molecular weight is 295 g/mol. The molecule has 21 heavy (non-hydrogen) atoms. The Labute approximate surface area is 130 Å². The molecule has 122 valence electrons. The molecule has 2 amide bonds. The first-order chi connectivity index (χ1) is 9.78. The molecule has 1 aliphatic heterocycles. The van der Waals surface area contributed by atoms with Gasteiger partial charge in [-0.2, -0.15) is 0 Å². The van der Waals surface area contributed by atoms with Crippen LogP contribution in [0.4, 0.5) is 0 Å². The number of nitrogens with zero attached hydrogens (tertiary/aromatic N) is 1. The molecule has 0 N–H and O–H groups in total. The van der Waals surface area contributed by atoms with Crippen molar-refractivity contribution >= 4 is 11.8 Å². The summed E-state index contributed by atoms with van der Waals surface area (Å²) in [6, 6.07) is 0. The molecule has 1 aliphatic rings. The van der Waals surface area contributed by atoms with Crippen molar-refractivity contribution in [2.75, 3.05) is 6.54 Å². The maximum Gasteiger partial charge on any atom is 0.233 e. The van der Waals surface area contributed by atoms with E-state index < -0.39 is 0 Å². The van der Waals surface area contributed by atoms with Crippen LogP contribution in [0.1, 0.15) is 79.6 Å². The highest BCUT2D eigenvalue weighted by Crippen LogP contribution is 2.35. The van der Waals surface area contributed by atoms with Crippen molar-refractivity contribution in [3.05, 3.63) is 0 Å². The fraction of sp³-hybridized carbons (Fsp3) is 0.889. The minimum atomic E-state index is -0.142. The minimum absolute atomic E-state index is 0.0443. The Morgan fingerprint density at radius 3 is 2.10 bits per heavy atom. The summed E-state index contributed by atoms with van der Waals surface area (Å²) in [5.41, 5.74) is 0.0883. The van der Waals surface area contributed by atoms with E-state index in [4.69, 9.17) is 0 Å². The first-order valence-electron chi connectivity index (χ1n) is 8.63. The van der Waals surface area contributed by atoms with Gasteiger partial charge in [0, 0.05) is 12.5 Å². The van der Waals surface area contributed by atoms with Crippen molar-refractivity contribution in [1.29, 1.82) is 0 Å². The van der Waals surface area contributed by atoms with Gasteiger partial charge in [-0.3, -0.25) is 14.5 Å². The third-order valence-electron chi connectivity index (χ3n) is 4.41. The van der Waals surface area contributed by atoms with Crippen LogP contribution >= 0.6 is 0 Å². The van der Waals surface area contributed by atoms with E-state index in [0.29, 0.717) is 6.54 Å². The molecule has 0 aromatic heterocycles. The van der Waals surface area contributed by atoms with Crippen molar-refractivity contribution in [2.24, 2.45) is 17.3 Å². The van der Waals surface area contributed by atoms with Crippen LogP contribution in [-0.2, 0) is 9.59 Å². The standard InChI is InChI=1S/C18H33NO2/c1-6-7-8-9-10-11-12-19-16(20)14(2)15(17(19)21)13-18(3,4)5/h14-15H,6-13H2,1-5H3. The van der Waals surface area contributed by atoms with Crippen LogP contribution in [0.25, 0.3) is 0 Å². The van der Waals surface area contributed by atoms with E-state index in [-0.39, 0.29) is 29.1 Å². The molecule has 1 rings (SSSR count). The van der Waals surface area contributed by atoms with E-state index >= 15 is 0 Å². The summed E-state index contributed by atoms with van der Waals surface area (Å²) in [7, 11) is 0. The molecule has 3 nitrogen and oxygen atoms in total. The zero-order valence-electron chi connectivity index (χ0n) is 14.6. The lowest BCUT2D eigenvalue weighted by Crippen LogP contribution is -2.32. The molecule has 0 bridgehead atoms. The van der Waals surface area contributed by atoms with Crippen LogP contribution in [-0.4, -0.2) is 23.3 Å². The number of carbonyl (C=O) groups excluding carboxylic acids is 2. The monoisotopic (exact) mass is 295 g/mol. The van der Waals surface area contributed by atoms with Gasteiger partial charge in [-0.1, -0.05) is 66.7 Å². The topological polar surface area (TPSA) is 37.4 Å². The molecule has 0 saturated carbocycles. The molecular formula is C18H33NO2. The van der Waals surface area contributed by atoms with Crippen LogP contribution in [0, 0.1) is 17.3 Å². The molecule has 1 heterocycles. The molecule has 0 radical (unpaired) electrons. The molecule has 2 unspecified atom stereocenters. The summed E-state index contributed by atoms with van der Waals surface area (Å²) in [5.74, 6) is -0.145. The second-order valence-electron chi connectivity index (χ2n) is 7.76. The number of amides is 2. The van der Waals surface area contributed by atoms with Crippen molar-refractivity contribution in [1.82, 2.24) is 4.90 Å². The summed E-state index contributed by atoms with van der Waals surface area (Å²) >= 11 is 0. The molecule has 1 fully saturated rings. The van der Waals surface area contributed by atoms with Gasteiger partial charge in [0.15, 0.2) is 0 Å². The Morgan fingerprint density at radius 1 is 0.952 bits per heavy atom. The first kappa shape index (κ1) is 18.2. The van der Waals surface area contributed by atoms with E-state index in [1.807, 2.05) is 6.92 Å². The number of carbonyl (C=O) groups is 2. The normalized spacial score (nSPS) is 23.2. The first-order valence-corrected chi connectivity index (χ1v) is 8.63. The van der Waals surface area contributed by atoms with E-state index in [2.05, 4.69) is 27.7 Å². The van der Waals surface area contributed by atoms with Gasteiger partial charge in [0.1, 0.15) is 0 Å². The molecule has 2 atom stereocenters. The van der Waals surface area contributed by atoms with Gasteiger partial charge in [0.25, 0.3) is 0 Å². The van der Waals surface area contributed by atoms with Gasteiger partial charge in [-0.25, -0.2) is 0 Å². The van der Waals surface area contributed by atoms with Gasteiger partial charge >= 0.3 is 0 Å². The van der Waals surface area contributed by atoms with Crippen molar-refractivity contribution < 1.29 is 9.59 Å². The van der Waals surface area contributed by atoms with Crippen LogP contribution in [0.5, 0.6) is 0 Å². The maximum atomic E-state index is 12.5. The summed E-state index contributed by atoms with van der Waals surface area (Å²) < 4.78 is 0. The summed E-state index contributed by atoms with van der Waals surface area (Å²) in [4.78, 5) is 26.3. The number of unbranched alkanes of at least 4 members (excludes halogenated alkanes) is 5. The predicted octanol–water partition coefficient (Wildman–Crippen LogP) is 4.40. The van der Waals surface area contributed by atoms with E-state index in [0.717, 1.165) is 19.3 Å². The van der Waals surface area contributed by atoms with E-state index in [1.54, 1.807) is 0 Å². The van der Waals surface area contributed by atoms with Gasteiger partial charge in [-0.15, -0.1) is 0 Å². The Morgan fingerprint density at radius 2 is 1.52 bits per heavy atom. The van der Waals surface area contributed by atoms with Gasteiger partial charge < -0.3 is 0 Å². The number of imide groups is 1. The Balaban J connectivity index is 2.45. The second kappa shape index (κ2) is 7.95. The van der Waals surface area contributed by atoms with Gasteiger partial charge in [0.2, 0.25) is 11.8 Å². The Bertz CT molecular complexity index is 357. The zero-order chi connectivity index (χ0) is 16.0. The third kappa shape index (κ3) is 5.44. The quantitative estimate of drug-likeness (QED) is 0.491. The molecule has 3 heteroatoms. The Kier molecular flexibility index (Phi) is 6.89. The average Bonchev–Trinajstić information content (AvgIpc) is 2.58. The summed E-state index contributed by atoms with van der Waals surface area (Å²) in [6.07, 6.45) is 7.88. The second-order valence-corrected chi connectivity index (χ2v) is 7.76. The van der Waals surface area contributed by atoms with E-state index in [1.165, 1.54) is 30.6 Å². The molecule has 0 aliphatic carbocycles. The van der Waals surface area contributed by atoms with Crippen LogP contribution < -0.4 is 0 Å². The van der Waals surface area contributed by atoms with E-state index in [9.17, 15) is 9.59 Å². The number of likely N-dealkylation sites (tertiary alicyclic amines) is 1. The summed E-state index contributed by atoms with van der Waals surface area (Å²) in [6.45, 7) is 11.1. The molecular weight excluding hydrogens is 262 g/mol. The van der Waals surface area contributed by atoms with Crippen LogP contribution in [0.2, 0.25) is 0 Å². The molecule has 0 spiro atoms. The molecule has 0 aromatic rings. The lowest BCUT2D eigenvalue weighted by atomic mass is 9.80. The predicted molar refractivity (Wildman–Crippen MR) is 86.8 cm³/mol. The van der Waals surface area contributed by atoms with Crippen LogP contribution in [0.15, 0.2) is 0 Å². The zero-order valence-corrected chi connectivity index (χ0v) is 14.6. The SMILES string of the molecule is CCCCCCCCN1C(=O)C(C)C(CC(C)(C)C)C1=O. The van der Waals surface area contributed by atoms with Gasteiger partial charge in [0.05, 0.1) is 5.92 Å². The smallest absolute Gasteiger partial charge is 0.233 e. The fourth-order valence-corrected chi connectivity index (χ4v) is 3.14. The minimum Gasteiger partial charge on any atom is -0.282 e. The molecule has 0 aromatic carbocycles. The highest BCUT2D eigenvalue weighted by Gasteiger charge is 2.45. The summed E-state index contributed by atoms with van der Waals surface area (Å²) in [5, 5.41) is 0. The fourth-order valence-electron chi connectivity index (χ4n) is 3.14. The van der Waals surface area contributed by atoms with Crippen molar-refractivity contribution in [3.63, 3.8) is 0 Å². The molecule has 1 saturated heterocycles. The maximum absolute atomic E-state index is 12.5. The number of hydrogen-bond acceptors (Lipinski definition) is 2. The van der Waals surface area contributed by atoms with Crippen LogP contribution in [0.3, 0.4) is 0 Å². The Hall–Kier alpha value is -0.860. The highest BCUT2D eigenvalue weighted by molar-refractivity contribution is 6.04. The lowest BCUT2D eigenvalue weighted by molar-refractivity contribution is -0.140. The number of hydrogen-bond donors (Lipinski definition) is 0. The largest absolute Gasteiger partial charge is 0.282 e. The number of rotatable bonds is 8. The van der Waals surface area contributed by atoms with Crippen molar-refractivity contribution in [2.45, 2.75) is 79.6 Å². The third-order valence-corrected chi connectivity index (χ3v) is 4.41. The van der Waals surface area contributed by atoms with Gasteiger partial charge in [-0.05, 0) is 18.3 Å².